The third-order valence-electron chi connectivity index (χ3n) is 2.86. The molecular formula is C16H14ClNO. The summed E-state index contributed by atoms with van der Waals surface area (Å²) in [4.78, 5) is 0. The molecule has 0 saturated carbocycles. The minimum absolute atomic E-state index is 0.149. The zero-order valence-corrected chi connectivity index (χ0v) is 11.2. The van der Waals surface area contributed by atoms with Crippen LogP contribution >= 0.6 is 11.6 Å². The number of nitriles is 1. The van der Waals surface area contributed by atoms with Gasteiger partial charge in [-0.05, 0) is 17.7 Å². The van der Waals surface area contributed by atoms with Crippen LogP contribution in [0.3, 0.4) is 0 Å². The first kappa shape index (κ1) is 13.5. The molecular weight excluding hydrogens is 258 g/mol. The number of para-hydroxylation sites is 1. The van der Waals surface area contributed by atoms with Crippen molar-refractivity contribution >= 4 is 11.6 Å². The van der Waals surface area contributed by atoms with E-state index in [0.717, 1.165) is 5.56 Å². The van der Waals surface area contributed by atoms with Gasteiger partial charge in [-0.15, -0.1) is 0 Å². The molecule has 2 rings (SSSR count). The summed E-state index contributed by atoms with van der Waals surface area (Å²) < 4.78 is 5.61. The second-order valence-corrected chi connectivity index (χ2v) is 4.57. The average Bonchev–Trinajstić information content (AvgIpc) is 2.46. The number of hydrogen-bond acceptors (Lipinski definition) is 2. The Bertz CT molecular complexity index is 562. The van der Waals surface area contributed by atoms with Gasteiger partial charge in [0.15, 0.2) is 0 Å². The Morgan fingerprint density at radius 2 is 1.74 bits per heavy atom. The summed E-state index contributed by atoms with van der Waals surface area (Å²) >= 11 is 6.00. The molecule has 0 radical (unpaired) electrons. The highest BCUT2D eigenvalue weighted by atomic mass is 35.5. The van der Waals surface area contributed by atoms with E-state index in [1.165, 1.54) is 0 Å². The summed E-state index contributed by atoms with van der Waals surface area (Å²) in [7, 11) is 0. The lowest BCUT2D eigenvalue weighted by Crippen LogP contribution is -2.04. The maximum atomic E-state index is 9.20. The SMILES string of the molecule is N#CC(CCOc1ccccc1Cl)c1ccccc1. The molecule has 1 unspecified atom stereocenters. The molecule has 2 aromatic carbocycles. The molecule has 2 aromatic rings. The quantitative estimate of drug-likeness (QED) is 0.807. The van der Waals surface area contributed by atoms with Gasteiger partial charge in [-0.1, -0.05) is 54.1 Å². The highest BCUT2D eigenvalue weighted by Crippen LogP contribution is 2.24. The Labute approximate surface area is 118 Å². The Morgan fingerprint density at radius 3 is 2.42 bits per heavy atom. The van der Waals surface area contributed by atoms with Crippen LogP contribution < -0.4 is 4.74 Å². The van der Waals surface area contributed by atoms with Crippen molar-refractivity contribution in [3.05, 3.63) is 65.2 Å². The van der Waals surface area contributed by atoms with E-state index in [1.54, 1.807) is 6.07 Å². The van der Waals surface area contributed by atoms with Crippen molar-refractivity contribution in [2.45, 2.75) is 12.3 Å². The number of halogens is 1. The molecule has 2 nitrogen and oxygen atoms in total. The van der Waals surface area contributed by atoms with Crippen LogP contribution in [0.15, 0.2) is 54.6 Å². The lowest BCUT2D eigenvalue weighted by Gasteiger charge is -2.11. The van der Waals surface area contributed by atoms with Gasteiger partial charge in [0.25, 0.3) is 0 Å². The van der Waals surface area contributed by atoms with Crippen LogP contribution in [0.4, 0.5) is 0 Å². The second kappa shape index (κ2) is 6.82. The molecule has 0 fully saturated rings. The van der Waals surface area contributed by atoms with E-state index in [2.05, 4.69) is 6.07 Å². The van der Waals surface area contributed by atoms with Crippen molar-refractivity contribution in [1.29, 1.82) is 5.26 Å². The van der Waals surface area contributed by atoms with E-state index in [9.17, 15) is 5.26 Å². The monoisotopic (exact) mass is 271 g/mol. The third-order valence-corrected chi connectivity index (χ3v) is 3.17. The molecule has 96 valence electrons. The Kier molecular flexibility index (Phi) is 4.83. The van der Waals surface area contributed by atoms with Gasteiger partial charge in [0.05, 0.1) is 23.6 Å². The second-order valence-electron chi connectivity index (χ2n) is 4.16. The van der Waals surface area contributed by atoms with E-state index in [-0.39, 0.29) is 5.92 Å². The first-order valence-corrected chi connectivity index (χ1v) is 6.51. The number of nitrogens with zero attached hydrogens (tertiary/aromatic N) is 1. The maximum Gasteiger partial charge on any atom is 0.137 e. The van der Waals surface area contributed by atoms with Crippen molar-refractivity contribution in [3.63, 3.8) is 0 Å². The highest BCUT2D eigenvalue weighted by molar-refractivity contribution is 6.32. The predicted molar refractivity (Wildman–Crippen MR) is 76.4 cm³/mol. The number of ether oxygens (including phenoxy) is 1. The van der Waals surface area contributed by atoms with Gasteiger partial charge >= 0.3 is 0 Å². The smallest absolute Gasteiger partial charge is 0.137 e. The summed E-state index contributed by atoms with van der Waals surface area (Å²) in [6, 6.07) is 19.4. The van der Waals surface area contributed by atoms with Crippen LogP contribution in [-0.4, -0.2) is 6.61 Å². The zero-order chi connectivity index (χ0) is 13.5. The zero-order valence-electron chi connectivity index (χ0n) is 10.4. The van der Waals surface area contributed by atoms with Crippen LogP contribution in [-0.2, 0) is 0 Å². The molecule has 0 spiro atoms. The van der Waals surface area contributed by atoms with E-state index in [0.29, 0.717) is 23.8 Å². The molecule has 19 heavy (non-hydrogen) atoms. The van der Waals surface area contributed by atoms with Crippen molar-refractivity contribution in [2.75, 3.05) is 6.61 Å². The molecule has 0 bridgehead atoms. The van der Waals surface area contributed by atoms with E-state index < -0.39 is 0 Å². The van der Waals surface area contributed by atoms with E-state index in [1.807, 2.05) is 48.5 Å². The van der Waals surface area contributed by atoms with Crippen LogP contribution in [0.1, 0.15) is 17.9 Å². The van der Waals surface area contributed by atoms with Crippen molar-refractivity contribution < 1.29 is 4.74 Å². The van der Waals surface area contributed by atoms with Crippen molar-refractivity contribution in [2.24, 2.45) is 0 Å². The van der Waals surface area contributed by atoms with Crippen LogP contribution in [0.25, 0.3) is 0 Å². The fourth-order valence-electron chi connectivity index (χ4n) is 1.84. The van der Waals surface area contributed by atoms with E-state index in [4.69, 9.17) is 16.3 Å². The first-order chi connectivity index (χ1) is 9.31. The van der Waals surface area contributed by atoms with Gasteiger partial charge in [-0.25, -0.2) is 0 Å². The highest BCUT2D eigenvalue weighted by Gasteiger charge is 2.10. The summed E-state index contributed by atoms with van der Waals surface area (Å²) in [6.45, 7) is 0.469. The maximum absolute atomic E-state index is 9.20. The Morgan fingerprint density at radius 1 is 1.05 bits per heavy atom. The molecule has 0 aliphatic heterocycles. The summed E-state index contributed by atoms with van der Waals surface area (Å²) in [6.07, 6.45) is 0.645. The molecule has 3 heteroatoms. The van der Waals surface area contributed by atoms with E-state index >= 15 is 0 Å². The third kappa shape index (κ3) is 3.74. The fourth-order valence-corrected chi connectivity index (χ4v) is 2.03. The fraction of sp³-hybridized carbons (Fsp3) is 0.188. The van der Waals surface area contributed by atoms with Crippen LogP contribution in [0.5, 0.6) is 5.75 Å². The molecule has 0 N–H and O–H groups in total. The number of rotatable bonds is 5. The minimum atomic E-state index is -0.149. The standard InChI is InChI=1S/C16H14ClNO/c17-15-8-4-5-9-16(15)19-11-10-14(12-18)13-6-2-1-3-7-13/h1-9,14H,10-11H2. The molecule has 1 atom stereocenters. The lowest BCUT2D eigenvalue weighted by atomic mass is 9.98. The van der Waals surface area contributed by atoms with Gasteiger partial charge in [0.2, 0.25) is 0 Å². The Balaban J connectivity index is 1.92. The summed E-state index contributed by atoms with van der Waals surface area (Å²) in [5.74, 6) is 0.512. The van der Waals surface area contributed by atoms with Crippen LogP contribution in [0, 0.1) is 11.3 Å². The molecule has 0 heterocycles. The van der Waals surface area contributed by atoms with Gasteiger partial charge in [0.1, 0.15) is 5.75 Å². The summed E-state index contributed by atoms with van der Waals surface area (Å²) in [5.41, 5.74) is 1.02. The van der Waals surface area contributed by atoms with Gasteiger partial charge in [-0.3, -0.25) is 0 Å². The van der Waals surface area contributed by atoms with Crippen LogP contribution in [0.2, 0.25) is 5.02 Å². The van der Waals surface area contributed by atoms with Gasteiger partial charge in [0, 0.05) is 6.42 Å². The molecule has 0 aliphatic rings. The average molecular weight is 272 g/mol. The lowest BCUT2D eigenvalue weighted by molar-refractivity contribution is 0.306. The first-order valence-electron chi connectivity index (χ1n) is 6.13. The molecule has 0 saturated heterocycles. The van der Waals surface area contributed by atoms with Crippen molar-refractivity contribution in [3.8, 4) is 11.8 Å². The minimum Gasteiger partial charge on any atom is -0.492 e. The number of hydrogen-bond donors (Lipinski definition) is 0. The normalized spacial score (nSPS) is 11.6. The Hall–Kier alpha value is -1.98. The van der Waals surface area contributed by atoms with Gasteiger partial charge < -0.3 is 4.74 Å². The molecule has 0 amide bonds. The number of benzene rings is 2. The summed E-state index contributed by atoms with van der Waals surface area (Å²) in [5, 5.41) is 9.79. The topological polar surface area (TPSA) is 33.0 Å². The molecule has 0 aromatic heterocycles. The predicted octanol–water partition coefficient (Wildman–Crippen LogP) is 4.42. The largest absolute Gasteiger partial charge is 0.492 e. The van der Waals surface area contributed by atoms with Crippen molar-refractivity contribution in [1.82, 2.24) is 0 Å². The van der Waals surface area contributed by atoms with Gasteiger partial charge in [-0.2, -0.15) is 5.26 Å². The molecule has 0 aliphatic carbocycles.